The highest BCUT2D eigenvalue weighted by atomic mass is 35.5. The zero-order chi connectivity index (χ0) is 27.4. The van der Waals surface area contributed by atoms with Crippen LogP contribution in [0.15, 0.2) is 36.4 Å². The lowest BCUT2D eigenvalue weighted by atomic mass is 9.88. The zero-order valence-electron chi connectivity index (χ0n) is 19.9. The van der Waals surface area contributed by atoms with Crippen molar-refractivity contribution in [2.75, 3.05) is 13.1 Å². The van der Waals surface area contributed by atoms with E-state index in [0.29, 0.717) is 17.1 Å². The van der Waals surface area contributed by atoms with Crippen molar-refractivity contribution >= 4 is 29.1 Å². The third-order valence-corrected chi connectivity index (χ3v) is 7.46. The number of benzene rings is 2. The highest BCUT2D eigenvalue weighted by molar-refractivity contribution is 6.42. The number of hydrogen-bond acceptors (Lipinski definition) is 2. The van der Waals surface area contributed by atoms with Crippen LogP contribution in [-0.2, 0) is 23.7 Å². The van der Waals surface area contributed by atoms with Gasteiger partial charge in [-0.05, 0) is 73.2 Å². The first-order valence-corrected chi connectivity index (χ1v) is 12.7. The molecule has 0 bridgehead atoms. The summed E-state index contributed by atoms with van der Waals surface area (Å²) in [5, 5.41) is 0.547. The second-order valence-corrected chi connectivity index (χ2v) is 10.4. The van der Waals surface area contributed by atoms with Gasteiger partial charge >= 0.3 is 12.4 Å². The van der Waals surface area contributed by atoms with E-state index in [-0.39, 0.29) is 42.1 Å². The quantitative estimate of drug-likeness (QED) is 0.311. The Bertz CT molecular complexity index is 1050. The molecular formula is C26H28Cl2F6N2O. The highest BCUT2D eigenvalue weighted by Gasteiger charge is 2.37. The molecule has 2 N–H and O–H groups in total. The van der Waals surface area contributed by atoms with Crippen molar-refractivity contribution in [3.63, 3.8) is 0 Å². The molecule has 3 rings (SSSR count). The largest absolute Gasteiger partial charge is 0.416 e. The van der Waals surface area contributed by atoms with E-state index in [0.717, 1.165) is 44.2 Å². The zero-order valence-corrected chi connectivity index (χ0v) is 21.5. The molecule has 1 atom stereocenters. The molecule has 1 fully saturated rings. The van der Waals surface area contributed by atoms with Gasteiger partial charge in [-0.15, -0.1) is 0 Å². The Balaban J connectivity index is 1.88. The van der Waals surface area contributed by atoms with Gasteiger partial charge in [0.15, 0.2) is 0 Å². The summed E-state index contributed by atoms with van der Waals surface area (Å²) in [6.45, 7) is 0.600. The van der Waals surface area contributed by atoms with E-state index in [1.807, 2.05) is 4.90 Å². The molecule has 2 aromatic rings. The minimum atomic E-state index is -4.92. The summed E-state index contributed by atoms with van der Waals surface area (Å²) in [4.78, 5) is 14.1. The molecule has 0 aromatic heterocycles. The van der Waals surface area contributed by atoms with Gasteiger partial charge in [-0.25, -0.2) is 0 Å². The van der Waals surface area contributed by atoms with Gasteiger partial charge in [0.25, 0.3) is 0 Å². The second-order valence-electron chi connectivity index (χ2n) is 9.57. The predicted molar refractivity (Wildman–Crippen MR) is 131 cm³/mol. The molecule has 0 spiro atoms. The molecule has 204 valence electrons. The maximum Gasteiger partial charge on any atom is 0.416 e. The molecule has 2 aromatic carbocycles. The van der Waals surface area contributed by atoms with Crippen LogP contribution in [0.4, 0.5) is 26.3 Å². The summed E-state index contributed by atoms with van der Waals surface area (Å²) >= 11 is 12.1. The molecule has 0 radical (unpaired) electrons. The Morgan fingerprint density at radius 3 is 2.03 bits per heavy atom. The smallest absolute Gasteiger partial charge is 0.369 e. The van der Waals surface area contributed by atoms with E-state index in [1.165, 1.54) is 12.1 Å². The number of carbonyl (C=O) groups excluding carboxylic acids is 1. The Morgan fingerprint density at radius 2 is 1.51 bits per heavy atom. The molecule has 1 saturated carbocycles. The number of nitrogens with zero attached hydrogens (tertiary/aromatic N) is 1. The van der Waals surface area contributed by atoms with Crippen LogP contribution >= 0.6 is 23.2 Å². The number of amides is 1. The average Bonchev–Trinajstić information content (AvgIpc) is 2.80. The molecule has 3 nitrogen and oxygen atoms in total. The van der Waals surface area contributed by atoms with Gasteiger partial charge in [-0.2, -0.15) is 26.3 Å². The van der Waals surface area contributed by atoms with Crippen LogP contribution in [-0.4, -0.2) is 23.9 Å². The van der Waals surface area contributed by atoms with Crippen molar-refractivity contribution in [3.05, 3.63) is 68.7 Å². The number of carbonyl (C=O) groups is 1. The lowest BCUT2D eigenvalue weighted by Crippen LogP contribution is -2.33. The van der Waals surface area contributed by atoms with Crippen LogP contribution in [0.1, 0.15) is 66.7 Å². The molecule has 1 unspecified atom stereocenters. The number of alkyl halides is 6. The van der Waals surface area contributed by atoms with Crippen molar-refractivity contribution in [1.29, 1.82) is 0 Å². The molecule has 0 aliphatic heterocycles. The first-order valence-electron chi connectivity index (χ1n) is 12.0. The number of primary amides is 1. The minimum absolute atomic E-state index is 0.0943. The van der Waals surface area contributed by atoms with Crippen molar-refractivity contribution < 1.29 is 31.1 Å². The number of rotatable bonds is 9. The average molecular weight is 569 g/mol. The second kappa shape index (κ2) is 12.3. The summed E-state index contributed by atoms with van der Waals surface area (Å²) in [6, 6.07) is 6.34. The van der Waals surface area contributed by atoms with E-state index < -0.39 is 35.3 Å². The Labute approximate surface area is 221 Å². The van der Waals surface area contributed by atoms with Gasteiger partial charge in [0.1, 0.15) is 0 Å². The Hall–Kier alpha value is -1.97. The maximum absolute atomic E-state index is 13.4. The van der Waals surface area contributed by atoms with Gasteiger partial charge in [-0.1, -0.05) is 48.5 Å². The van der Waals surface area contributed by atoms with Crippen LogP contribution in [0.3, 0.4) is 0 Å². The summed E-state index contributed by atoms with van der Waals surface area (Å²) in [6.07, 6.45) is -4.63. The Kier molecular flexibility index (Phi) is 9.80. The van der Waals surface area contributed by atoms with Gasteiger partial charge in [0.2, 0.25) is 5.91 Å². The molecule has 0 heterocycles. The fourth-order valence-corrected chi connectivity index (χ4v) is 5.16. The van der Waals surface area contributed by atoms with Crippen LogP contribution in [0.25, 0.3) is 0 Å². The highest BCUT2D eigenvalue weighted by Crippen LogP contribution is 2.37. The van der Waals surface area contributed by atoms with Crippen molar-refractivity contribution in [2.45, 2.75) is 63.3 Å². The van der Waals surface area contributed by atoms with Crippen LogP contribution in [0.5, 0.6) is 0 Å². The van der Waals surface area contributed by atoms with E-state index >= 15 is 0 Å². The van der Waals surface area contributed by atoms with Crippen molar-refractivity contribution in [1.82, 2.24) is 4.90 Å². The first kappa shape index (κ1) is 29.6. The molecule has 0 saturated heterocycles. The van der Waals surface area contributed by atoms with E-state index in [9.17, 15) is 31.1 Å². The number of halogens is 8. The molecular weight excluding hydrogens is 541 g/mol. The van der Waals surface area contributed by atoms with Crippen LogP contribution in [0.2, 0.25) is 10.0 Å². The fourth-order valence-electron chi connectivity index (χ4n) is 4.85. The van der Waals surface area contributed by atoms with Crippen molar-refractivity contribution in [3.8, 4) is 0 Å². The monoisotopic (exact) mass is 568 g/mol. The third-order valence-electron chi connectivity index (χ3n) is 6.72. The number of hydrogen-bond donors (Lipinski definition) is 1. The van der Waals surface area contributed by atoms with Crippen LogP contribution in [0, 0.1) is 5.92 Å². The summed E-state index contributed by atoms with van der Waals surface area (Å²) in [5.41, 5.74) is 3.38. The molecule has 11 heteroatoms. The predicted octanol–water partition coefficient (Wildman–Crippen LogP) is 8.07. The summed E-state index contributed by atoms with van der Waals surface area (Å²) in [5.74, 6) is -1.11. The molecule has 1 amide bonds. The fraction of sp³-hybridized carbons (Fsp3) is 0.500. The molecule has 1 aliphatic rings. The van der Waals surface area contributed by atoms with E-state index in [4.69, 9.17) is 28.9 Å². The maximum atomic E-state index is 13.4. The van der Waals surface area contributed by atoms with Gasteiger partial charge < -0.3 is 5.73 Å². The normalized spacial score (nSPS) is 16.2. The van der Waals surface area contributed by atoms with E-state index in [1.54, 1.807) is 6.07 Å². The van der Waals surface area contributed by atoms with Gasteiger partial charge in [0.05, 0.1) is 27.1 Å². The topological polar surface area (TPSA) is 46.3 Å². The van der Waals surface area contributed by atoms with Crippen molar-refractivity contribution in [2.24, 2.45) is 11.7 Å². The Morgan fingerprint density at radius 1 is 0.919 bits per heavy atom. The van der Waals surface area contributed by atoms with Gasteiger partial charge in [0, 0.05) is 13.1 Å². The SMILES string of the molecule is NC(=O)C(CCN(Cc1cc(C(F)(F)F)cc(C(F)(F)F)c1)CC1CCCCC1)c1ccc(Cl)c(Cl)c1. The van der Waals surface area contributed by atoms with Crippen LogP contribution < -0.4 is 5.73 Å². The lowest BCUT2D eigenvalue weighted by molar-refractivity contribution is -0.143. The lowest BCUT2D eigenvalue weighted by Gasteiger charge is -2.31. The first-order chi connectivity index (χ1) is 17.2. The summed E-state index contributed by atoms with van der Waals surface area (Å²) < 4.78 is 80.3. The molecule has 37 heavy (non-hydrogen) atoms. The number of nitrogens with two attached hydrogens (primary N) is 1. The molecule has 1 aliphatic carbocycles. The summed E-state index contributed by atoms with van der Waals surface area (Å²) in [7, 11) is 0. The van der Waals surface area contributed by atoms with E-state index in [2.05, 4.69) is 0 Å². The third kappa shape index (κ3) is 8.52. The standard InChI is InChI=1S/C26H28Cl2F6N2O/c27-22-7-6-18(12-23(22)28)21(24(35)37)8-9-36(14-16-4-2-1-3-5-16)15-17-10-19(25(29,30)31)13-20(11-17)26(32,33)34/h6-7,10-13,16,21H,1-5,8-9,14-15H2,(H2,35,37). The minimum Gasteiger partial charge on any atom is -0.369 e. The van der Waals surface area contributed by atoms with Gasteiger partial charge in [-0.3, -0.25) is 9.69 Å².